The van der Waals surface area contributed by atoms with Gasteiger partial charge in [0, 0.05) is 17.9 Å². The lowest BCUT2D eigenvalue weighted by Gasteiger charge is -2.26. The van der Waals surface area contributed by atoms with Crippen molar-refractivity contribution in [1.82, 2.24) is 0 Å². The van der Waals surface area contributed by atoms with E-state index in [1.54, 1.807) is 6.07 Å². The minimum Gasteiger partial charge on any atom is -0.399 e. The third-order valence-electron chi connectivity index (χ3n) is 3.94. The van der Waals surface area contributed by atoms with Crippen molar-refractivity contribution in [3.8, 4) is 0 Å². The summed E-state index contributed by atoms with van der Waals surface area (Å²) >= 11 is 0. The minimum atomic E-state index is -0.274. The minimum absolute atomic E-state index is 0.274. The van der Waals surface area contributed by atoms with Gasteiger partial charge in [0.2, 0.25) is 0 Å². The molecule has 1 aliphatic carbocycles. The number of hydrogen-bond acceptors (Lipinski definition) is 2. The number of nitrogens with two attached hydrogens (primary N) is 1. The van der Waals surface area contributed by atoms with E-state index in [2.05, 4.69) is 12.2 Å². The maximum atomic E-state index is 13.1. The molecule has 1 saturated carbocycles. The van der Waals surface area contributed by atoms with Gasteiger partial charge in [-0.1, -0.05) is 32.6 Å². The normalized spacial score (nSPS) is 23.9. The first kappa shape index (κ1) is 13.2. The fraction of sp³-hybridized carbons (Fsp3) is 0.600. The van der Waals surface area contributed by atoms with E-state index < -0.39 is 0 Å². The van der Waals surface area contributed by atoms with E-state index in [0.29, 0.717) is 5.69 Å². The lowest BCUT2D eigenvalue weighted by Crippen LogP contribution is -2.15. The first-order valence-corrected chi connectivity index (χ1v) is 6.93. The molecule has 1 aliphatic rings. The molecule has 0 unspecified atom stereocenters. The predicted molar refractivity (Wildman–Crippen MR) is 75.0 cm³/mol. The molecule has 1 fully saturated rings. The molecule has 3 N–H and O–H groups in total. The molecule has 0 bridgehead atoms. The summed E-state index contributed by atoms with van der Waals surface area (Å²) in [6.45, 7) is 3.24. The predicted octanol–water partition coefficient (Wildman–Crippen LogP) is 4.04. The Morgan fingerprint density at radius 1 is 1.22 bits per heavy atom. The van der Waals surface area contributed by atoms with Crippen LogP contribution >= 0.6 is 0 Å². The lowest BCUT2D eigenvalue weighted by atomic mass is 9.81. The van der Waals surface area contributed by atoms with Crippen LogP contribution in [0.15, 0.2) is 18.2 Å². The van der Waals surface area contributed by atoms with E-state index in [-0.39, 0.29) is 5.82 Å². The zero-order chi connectivity index (χ0) is 13.0. The Labute approximate surface area is 109 Å². The van der Waals surface area contributed by atoms with Crippen LogP contribution in [-0.4, -0.2) is 6.54 Å². The number of anilines is 2. The second-order valence-electron chi connectivity index (χ2n) is 5.61. The Kier molecular flexibility index (Phi) is 4.45. The summed E-state index contributed by atoms with van der Waals surface area (Å²) in [5.74, 6) is 1.46. The summed E-state index contributed by atoms with van der Waals surface area (Å²) in [5, 5.41) is 3.26. The SMILES string of the molecule is CC1CCC(CCNc2cc(N)cc(F)c2)CC1. The van der Waals surface area contributed by atoms with Crippen LogP contribution < -0.4 is 11.1 Å². The van der Waals surface area contributed by atoms with Gasteiger partial charge < -0.3 is 11.1 Å². The quantitative estimate of drug-likeness (QED) is 0.792. The topological polar surface area (TPSA) is 38.0 Å². The third-order valence-corrected chi connectivity index (χ3v) is 3.94. The second-order valence-corrected chi connectivity index (χ2v) is 5.61. The van der Waals surface area contributed by atoms with Gasteiger partial charge in [0.15, 0.2) is 0 Å². The molecule has 2 nitrogen and oxygen atoms in total. The summed E-state index contributed by atoms with van der Waals surface area (Å²) in [5.41, 5.74) is 6.87. The fourth-order valence-corrected chi connectivity index (χ4v) is 2.75. The van der Waals surface area contributed by atoms with E-state index in [4.69, 9.17) is 5.73 Å². The monoisotopic (exact) mass is 250 g/mol. The van der Waals surface area contributed by atoms with E-state index >= 15 is 0 Å². The smallest absolute Gasteiger partial charge is 0.127 e. The Morgan fingerprint density at radius 2 is 1.94 bits per heavy atom. The van der Waals surface area contributed by atoms with Crippen molar-refractivity contribution in [1.29, 1.82) is 0 Å². The molecule has 0 aromatic heterocycles. The van der Waals surface area contributed by atoms with Crippen LogP contribution in [0.25, 0.3) is 0 Å². The molecule has 18 heavy (non-hydrogen) atoms. The summed E-state index contributed by atoms with van der Waals surface area (Å²) in [6, 6.07) is 4.62. The van der Waals surface area contributed by atoms with Gasteiger partial charge in [-0.3, -0.25) is 0 Å². The summed E-state index contributed by atoms with van der Waals surface area (Å²) in [7, 11) is 0. The van der Waals surface area contributed by atoms with Gasteiger partial charge in [0.1, 0.15) is 5.82 Å². The number of hydrogen-bond donors (Lipinski definition) is 2. The molecule has 0 aliphatic heterocycles. The summed E-state index contributed by atoms with van der Waals surface area (Å²) < 4.78 is 13.1. The van der Waals surface area contributed by atoms with Crippen molar-refractivity contribution in [2.45, 2.75) is 39.0 Å². The van der Waals surface area contributed by atoms with Crippen LogP contribution in [0.3, 0.4) is 0 Å². The van der Waals surface area contributed by atoms with E-state index in [9.17, 15) is 4.39 Å². The van der Waals surface area contributed by atoms with Gasteiger partial charge in [-0.25, -0.2) is 4.39 Å². The Morgan fingerprint density at radius 3 is 2.61 bits per heavy atom. The van der Waals surface area contributed by atoms with Crippen LogP contribution in [-0.2, 0) is 0 Å². The first-order chi connectivity index (χ1) is 8.63. The number of nitrogen functional groups attached to an aromatic ring is 1. The summed E-state index contributed by atoms with van der Waals surface area (Å²) in [6.07, 6.45) is 6.57. The Bertz CT molecular complexity index is 364. The van der Waals surface area contributed by atoms with Crippen molar-refractivity contribution in [2.24, 2.45) is 11.8 Å². The number of rotatable bonds is 4. The zero-order valence-electron chi connectivity index (χ0n) is 11.1. The molecule has 0 atom stereocenters. The Balaban J connectivity index is 1.74. The average Bonchev–Trinajstić information content (AvgIpc) is 2.30. The summed E-state index contributed by atoms with van der Waals surface area (Å²) in [4.78, 5) is 0. The molecule has 3 heteroatoms. The van der Waals surface area contributed by atoms with Crippen molar-refractivity contribution < 1.29 is 4.39 Å². The number of nitrogens with one attached hydrogen (secondary N) is 1. The maximum absolute atomic E-state index is 13.1. The molecule has 1 aromatic rings. The highest BCUT2D eigenvalue weighted by Gasteiger charge is 2.17. The van der Waals surface area contributed by atoms with Crippen LogP contribution in [0.2, 0.25) is 0 Å². The molecule has 0 heterocycles. The molecular weight excluding hydrogens is 227 g/mol. The molecule has 2 rings (SSSR count). The fourth-order valence-electron chi connectivity index (χ4n) is 2.75. The average molecular weight is 250 g/mol. The molecular formula is C15H23FN2. The van der Waals surface area contributed by atoms with Crippen molar-refractivity contribution in [3.63, 3.8) is 0 Å². The molecule has 100 valence electrons. The number of benzene rings is 1. The molecule has 1 aromatic carbocycles. The molecule has 0 saturated heterocycles. The third kappa shape index (κ3) is 3.90. The van der Waals surface area contributed by atoms with E-state index in [0.717, 1.165) is 24.1 Å². The molecule has 0 spiro atoms. The maximum Gasteiger partial charge on any atom is 0.127 e. The van der Waals surface area contributed by atoms with Crippen molar-refractivity contribution in [2.75, 3.05) is 17.6 Å². The first-order valence-electron chi connectivity index (χ1n) is 6.93. The zero-order valence-corrected chi connectivity index (χ0v) is 11.1. The Hall–Kier alpha value is -1.25. The van der Waals surface area contributed by atoms with Gasteiger partial charge in [0.25, 0.3) is 0 Å². The van der Waals surface area contributed by atoms with Gasteiger partial charge >= 0.3 is 0 Å². The van der Waals surface area contributed by atoms with Crippen molar-refractivity contribution in [3.05, 3.63) is 24.0 Å². The van der Waals surface area contributed by atoms with Crippen molar-refractivity contribution >= 4 is 11.4 Å². The number of halogens is 1. The lowest BCUT2D eigenvalue weighted by molar-refractivity contribution is 0.282. The highest BCUT2D eigenvalue weighted by molar-refractivity contribution is 5.54. The highest BCUT2D eigenvalue weighted by atomic mass is 19.1. The van der Waals surface area contributed by atoms with Crippen LogP contribution in [0.4, 0.5) is 15.8 Å². The van der Waals surface area contributed by atoms with Crippen LogP contribution in [0.1, 0.15) is 39.0 Å². The largest absolute Gasteiger partial charge is 0.399 e. The van der Waals surface area contributed by atoms with Gasteiger partial charge in [-0.05, 0) is 36.5 Å². The van der Waals surface area contributed by atoms with Gasteiger partial charge in [-0.15, -0.1) is 0 Å². The van der Waals surface area contributed by atoms with Gasteiger partial charge in [0.05, 0.1) is 0 Å². The van der Waals surface area contributed by atoms with Crippen LogP contribution in [0.5, 0.6) is 0 Å². The van der Waals surface area contributed by atoms with E-state index in [1.165, 1.54) is 44.2 Å². The standard InChI is InChI=1S/C15H23FN2/c1-11-2-4-12(5-3-11)6-7-18-15-9-13(16)8-14(17)10-15/h8-12,18H,2-7,17H2,1H3. The van der Waals surface area contributed by atoms with Crippen LogP contribution in [0, 0.1) is 17.7 Å². The van der Waals surface area contributed by atoms with Gasteiger partial charge in [-0.2, -0.15) is 0 Å². The van der Waals surface area contributed by atoms with E-state index in [1.807, 2.05) is 0 Å². The molecule has 0 amide bonds. The molecule has 0 radical (unpaired) electrons. The second kappa shape index (κ2) is 6.07. The highest BCUT2D eigenvalue weighted by Crippen LogP contribution is 2.30.